The van der Waals surface area contributed by atoms with Gasteiger partial charge in [0.1, 0.15) is 13.2 Å². The quantitative estimate of drug-likeness (QED) is 0.0261. The van der Waals surface area contributed by atoms with Gasteiger partial charge >= 0.3 is 17.9 Å². The summed E-state index contributed by atoms with van der Waals surface area (Å²) in [6.07, 6.45) is 85.2. The zero-order valence-corrected chi connectivity index (χ0v) is 52.2. The van der Waals surface area contributed by atoms with Crippen LogP contribution < -0.4 is 0 Å². The highest BCUT2D eigenvalue weighted by Crippen LogP contribution is 2.18. The molecule has 0 spiro atoms. The van der Waals surface area contributed by atoms with Crippen LogP contribution in [0.2, 0.25) is 0 Å². The minimum absolute atomic E-state index is 0.0753. The second-order valence-electron chi connectivity index (χ2n) is 23.1. The van der Waals surface area contributed by atoms with Gasteiger partial charge in [-0.1, -0.05) is 319 Å². The van der Waals surface area contributed by atoms with Gasteiger partial charge in [0.15, 0.2) is 6.10 Å². The molecule has 0 aromatic carbocycles. The van der Waals surface area contributed by atoms with Gasteiger partial charge in [-0.05, 0) is 83.5 Å². The lowest BCUT2D eigenvalue weighted by molar-refractivity contribution is -0.167. The Bertz CT molecular complexity index is 1390. The van der Waals surface area contributed by atoms with Gasteiger partial charge < -0.3 is 14.2 Å². The maximum absolute atomic E-state index is 13.0. The summed E-state index contributed by atoms with van der Waals surface area (Å²) in [4.78, 5) is 38.4. The van der Waals surface area contributed by atoms with Crippen LogP contribution in [-0.4, -0.2) is 37.2 Å². The maximum Gasteiger partial charge on any atom is 0.306 e. The van der Waals surface area contributed by atoms with Crippen molar-refractivity contribution in [3.8, 4) is 0 Å². The van der Waals surface area contributed by atoms with Crippen molar-refractivity contribution in [1.82, 2.24) is 0 Å². The molecule has 0 aliphatic heterocycles. The van der Waals surface area contributed by atoms with Crippen LogP contribution in [0.5, 0.6) is 0 Å². The summed E-state index contributed by atoms with van der Waals surface area (Å²) >= 11 is 0. The summed E-state index contributed by atoms with van der Waals surface area (Å²) in [6, 6.07) is 0. The van der Waals surface area contributed by atoms with Gasteiger partial charge in [0.25, 0.3) is 0 Å². The summed E-state index contributed by atoms with van der Waals surface area (Å²) in [5.41, 5.74) is 0. The fraction of sp³-hybridized carbons (Fsp3) is 0.819. The molecule has 1 unspecified atom stereocenters. The van der Waals surface area contributed by atoms with Gasteiger partial charge in [0.05, 0.1) is 0 Å². The summed E-state index contributed by atoms with van der Waals surface area (Å²) in [5, 5.41) is 0. The fourth-order valence-electron chi connectivity index (χ4n) is 10.1. The average molecular weight is 1090 g/mol. The highest BCUT2D eigenvalue weighted by atomic mass is 16.6. The molecule has 0 bridgehead atoms. The lowest BCUT2D eigenvalue weighted by Gasteiger charge is -2.18. The molecule has 1 atom stereocenters. The van der Waals surface area contributed by atoms with E-state index < -0.39 is 6.10 Å². The van der Waals surface area contributed by atoms with E-state index in [9.17, 15) is 14.4 Å². The number of hydrogen-bond donors (Lipinski definition) is 0. The zero-order chi connectivity index (χ0) is 56.4. The SMILES string of the molecule is CC/C=C\C/C=C\C/C=C\C/C=C\CCCCCCCCCCC(=O)OCC(COC(=O)CCCCCCCCC/C=C\CCCCCCCCC)OC(=O)CCCCCCCCCCCCCCCCCCCCCCC. The lowest BCUT2D eigenvalue weighted by atomic mass is 10.0. The molecule has 0 rings (SSSR count). The molecule has 0 aromatic rings. The van der Waals surface area contributed by atoms with Crippen LogP contribution in [0.1, 0.15) is 361 Å². The molecule has 0 aromatic heterocycles. The number of hydrogen-bond acceptors (Lipinski definition) is 6. The zero-order valence-electron chi connectivity index (χ0n) is 52.2. The van der Waals surface area contributed by atoms with Gasteiger partial charge in [-0.2, -0.15) is 0 Å². The molecule has 6 heteroatoms. The predicted molar refractivity (Wildman–Crippen MR) is 339 cm³/mol. The third-order valence-electron chi connectivity index (χ3n) is 15.3. The number of carbonyl (C=O) groups excluding carboxylic acids is 3. The van der Waals surface area contributed by atoms with Gasteiger partial charge in [-0.25, -0.2) is 0 Å². The Morgan fingerprint density at radius 3 is 0.795 bits per heavy atom. The van der Waals surface area contributed by atoms with Crippen LogP contribution in [0, 0.1) is 0 Å². The molecule has 0 amide bonds. The van der Waals surface area contributed by atoms with Crippen molar-refractivity contribution < 1.29 is 28.6 Å². The van der Waals surface area contributed by atoms with Crippen LogP contribution in [0.25, 0.3) is 0 Å². The van der Waals surface area contributed by atoms with Crippen molar-refractivity contribution in [2.24, 2.45) is 0 Å². The molecule has 0 saturated carbocycles. The Balaban J connectivity index is 4.35. The molecule has 0 saturated heterocycles. The van der Waals surface area contributed by atoms with Gasteiger partial charge in [0, 0.05) is 19.3 Å². The number of unbranched alkanes of at least 4 members (excludes halogenated alkanes) is 42. The van der Waals surface area contributed by atoms with Gasteiger partial charge in [0.2, 0.25) is 0 Å². The molecular formula is C72H130O6. The smallest absolute Gasteiger partial charge is 0.306 e. The molecular weight excluding hydrogens is 961 g/mol. The molecule has 6 nitrogen and oxygen atoms in total. The Kier molecular flexibility index (Phi) is 64.2. The van der Waals surface area contributed by atoms with E-state index in [1.807, 2.05) is 0 Å². The first kappa shape index (κ1) is 75.1. The van der Waals surface area contributed by atoms with Crippen LogP contribution in [-0.2, 0) is 28.6 Å². The van der Waals surface area contributed by atoms with E-state index in [0.717, 1.165) is 89.9 Å². The van der Waals surface area contributed by atoms with Gasteiger partial charge in [-0.15, -0.1) is 0 Å². The second kappa shape index (κ2) is 66.6. The largest absolute Gasteiger partial charge is 0.462 e. The second-order valence-corrected chi connectivity index (χ2v) is 23.1. The molecule has 0 fully saturated rings. The Morgan fingerprint density at radius 1 is 0.269 bits per heavy atom. The summed E-state index contributed by atoms with van der Waals surface area (Å²) < 4.78 is 17.0. The number of carbonyl (C=O) groups is 3. The predicted octanol–water partition coefficient (Wildman–Crippen LogP) is 23.5. The van der Waals surface area contributed by atoms with E-state index in [0.29, 0.717) is 19.3 Å². The molecule has 0 heterocycles. The van der Waals surface area contributed by atoms with Gasteiger partial charge in [-0.3, -0.25) is 14.4 Å². The van der Waals surface area contributed by atoms with Crippen molar-refractivity contribution >= 4 is 17.9 Å². The Hall–Kier alpha value is -2.89. The maximum atomic E-state index is 13.0. The van der Waals surface area contributed by atoms with E-state index in [-0.39, 0.29) is 31.1 Å². The van der Waals surface area contributed by atoms with Crippen LogP contribution in [0.4, 0.5) is 0 Å². The Morgan fingerprint density at radius 2 is 0.500 bits per heavy atom. The first-order chi connectivity index (χ1) is 38.5. The fourth-order valence-corrected chi connectivity index (χ4v) is 10.1. The highest BCUT2D eigenvalue weighted by Gasteiger charge is 2.19. The summed E-state index contributed by atoms with van der Waals surface area (Å²) in [6.45, 7) is 6.58. The van der Waals surface area contributed by atoms with E-state index in [1.54, 1.807) is 0 Å². The Labute approximate surface area is 485 Å². The van der Waals surface area contributed by atoms with Crippen LogP contribution in [0.15, 0.2) is 60.8 Å². The lowest BCUT2D eigenvalue weighted by Crippen LogP contribution is -2.30. The van der Waals surface area contributed by atoms with E-state index >= 15 is 0 Å². The first-order valence-corrected chi connectivity index (χ1v) is 34.3. The topological polar surface area (TPSA) is 78.9 Å². The van der Waals surface area contributed by atoms with Crippen LogP contribution >= 0.6 is 0 Å². The molecule has 0 aliphatic rings. The van der Waals surface area contributed by atoms with Crippen LogP contribution in [0.3, 0.4) is 0 Å². The normalized spacial score (nSPS) is 12.4. The summed E-state index contributed by atoms with van der Waals surface area (Å²) in [7, 11) is 0. The number of rotatable bonds is 63. The molecule has 454 valence electrons. The third kappa shape index (κ3) is 63.9. The highest BCUT2D eigenvalue weighted by molar-refractivity contribution is 5.71. The van der Waals surface area contributed by atoms with Crippen molar-refractivity contribution in [2.45, 2.75) is 367 Å². The standard InChI is InChI=1S/C72H130O6/c1-4-7-10-13-16-19-22-25-28-31-34-36-38-41-44-47-50-53-56-59-62-65-71(74)77-68-69(67-76-70(73)64-61-58-55-52-49-46-43-40-33-30-27-24-21-18-15-12-9-6-3)78-72(75)66-63-60-57-54-51-48-45-42-39-37-35-32-29-26-23-20-17-14-11-8-5-2/h7,10,16,19,25,28,30,33-34,36,69H,4-6,8-9,11-15,17-18,20-24,26-27,29,31-32,35,37-68H2,1-3H3/b10-7-,19-16-,28-25-,33-30-,36-34-. The van der Waals surface area contributed by atoms with Crippen molar-refractivity contribution in [1.29, 1.82) is 0 Å². The van der Waals surface area contributed by atoms with Crippen molar-refractivity contribution in [2.75, 3.05) is 13.2 Å². The van der Waals surface area contributed by atoms with E-state index in [2.05, 4.69) is 81.5 Å². The van der Waals surface area contributed by atoms with E-state index in [1.165, 1.54) is 231 Å². The molecule has 78 heavy (non-hydrogen) atoms. The molecule has 0 radical (unpaired) electrons. The molecule has 0 N–H and O–H groups in total. The minimum Gasteiger partial charge on any atom is -0.462 e. The first-order valence-electron chi connectivity index (χ1n) is 34.3. The minimum atomic E-state index is -0.779. The number of allylic oxidation sites excluding steroid dienone is 10. The number of esters is 3. The van der Waals surface area contributed by atoms with Crippen molar-refractivity contribution in [3.63, 3.8) is 0 Å². The molecule has 0 aliphatic carbocycles. The number of ether oxygens (including phenoxy) is 3. The van der Waals surface area contributed by atoms with E-state index in [4.69, 9.17) is 14.2 Å². The summed E-state index contributed by atoms with van der Waals surface area (Å²) in [5.74, 6) is -0.863. The third-order valence-corrected chi connectivity index (χ3v) is 15.3. The monoisotopic (exact) mass is 1090 g/mol. The average Bonchev–Trinajstić information content (AvgIpc) is 3.44. The van der Waals surface area contributed by atoms with Crippen molar-refractivity contribution in [3.05, 3.63) is 60.8 Å².